The molecule has 1 aromatic carbocycles. The molecule has 2 aromatic heterocycles. The van der Waals surface area contributed by atoms with Gasteiger partial charge in [0.25, 0.3) is 5.91 Å². The van der Waals surface area contributed by atoms with Crippen molar-refractivity contribution in [3.05, 3.63) is 62.2 Å². The first-order chi connectivity index (χ1) is 12.5. The van der Waals surface area contributed by atoms with Gasteiger partial charge in [-0.15, -0.1) is 22.7 Å². The zero-order chi connectivity index (χ0) is 18.5. The van der Waals surface area contributed by atoms with Gasteiger partial charge in [0.15, 0.2) is 0 Å². The number of carbonyl (C=O) groups is 2. The molecule has 3 aromatic rings. The summed E-state index contributed by atoms with van der Waals surface area (Å²) in [6.07, 6.45) is 0. The zero-order valence-corrected chi connectivity index (χ0v) is 16.3. The summed E-state index contributed by atoms with van der Waals surface area (Å²) in [5.74, 6) is -0.632. The molecule has 0 atom stereocenters. The Morgan fingerprint density at radius 2 is 1.96 bits per heavy atom. The summed E-state index contributed by atoms with van der Waals surface area (Å²) in [5, 5.41) is 8.77. The van der Waals surface area contributed by atoms with Crippen LogP contribution in [0.15, 0.2) is 41.8 Å². The Kier molecular flexibility index (Phi) is 6.03. The first kappa shape index (κ1) is 18.6. The molecule has 0 radical (unpaired) electrons. The average molecular weight is 406 g/mol. The van der Waals surface area contributed by atoms with Crippen LogP contribution < -0.4 is 10.6 Å². The minimum atomic E-state index is -0.372. The maximum absolute atomic E-state index is 12.0. The van der Waals surface area contributed by atoms with Gasteiger partial charge in [0, 0.05) is 10.3 Å². The van der Waals surface area contributed by atoms with Crippen molar-refractivity contribution in [3.63, 3.8) is 0 Å². The molecule has 2 N–H and O–H groups in total. The van der Waals surface area contributed by atoms with Gasteiger partial charge < -0.3 is 10.6 Å². The van der Waals surface area contributed by atoms with E-state index in [1.807, 2.05) is 24.4 Å². The molecule has 134 valence electrons. The summed E-state index contributed by atoms with van der Waals surface area (Å²) in [7, 11) is 0. The van der Waals surface area contributed by atoms with Crippen LogP contribution >= 0.6 is 34.3 Å². The van der Waals surface area contributed by atoms with Gasteiger partial charge in [-0.3, -0.25) is 9.59 Å². The van der Waals surface area contributed by atoms with Crippen molar-refractivity contribution < 1.29 is 9.59 Å². The van der Waals surface area contributed by atoms with Crippen LogP contribution in [0.4, 0.5) is 0 Å². The van der Waals surface area contributed by atoms with E-state index in [0.29, 0.717) is 17.1 Å². The number of halogens is 1. The van der Waals surface area contributed by atoms with E-state index in [-0.39, 0.29) is 18.4 Å². The lowest BCUT2D eigenvalue weighted by atomic mass is 10.2. The number of aromatic nitrogens is 1. The van der Waals surface area contributed by atoms with Crippen LogP contribution in [-0.2, 0) is 11.3 Å². The lowest BCUT2D eigenvalue weighted by Gasteiger charge is -2.07. The number of amides is 2. The molecular formula is C18H16ClN3O2S2. The van der Waals surface area contributed by atoms with E-state index in [9.17, 15) is 9.59 Å². The molecule has 0 spiro atoms. The lowest BCUT2D eigenvalue weighted by molar-refractivity contribution is -0.120. The van der Waals surface area contributed by atoms with Gasteiger partial charge >= 0.3 is 0 Å². The Morgan fingerprint density at radius 3 is 2.69 bits per heavy atom. The molecule has 3 rings (SSSR count). The van der Waals surface area contributed by atoms with E-state index in [1.165, 1.54) is 0 Å². The molecule has 5 nitrogen and oxygen atoms in total. The first-order valence-corrected chi connectivity index (χ1v) is 9.91. The number of hydrogen-bond donors (Lipinski definition) is 2. The number of nitrogens with zero attached hydrogens (tertiary/aromatic N) is 1. The Hall–Kier alpha value is -2.22. The molecule has 0 fully saturated rings. The quantitative estimate of drug-likeness (QED) is 0.653. The van der Waals surface area contributed by atoms with E-state index in [4.69, 9.17) is 11.6 Å². The molecule has 2 heterocycles. The molecule has 0 saturated heterocycles. The average Bonchev–Trinajstić information content (AvgIpc) is 3.27. The van der Waals surface area contributed by atoms with Crippen molar-refractivity contribution in [3.8, 4) is 10.6 Å². The molecule has 0 saturated carbocycles. The Labute approximate surface area is 164 Å². The van der Waals surface area contributed by atoms with Gasteiger partial charge in [-0.05, 0) is 31.2 Å². The third kappa shape index (κ3) is 4.69. The normalized spacial score (nSPS) is 10.5. The van der Waals surface area contributed by atoms with Gasteiger partial charge in [0.1, 0.15) is 0 Å². The Morgan fingerprint density at radius 1 is 1.15 bits per heavy atom. The summed E-state index contributed by atoms with van der Waals surface area (Å²) in [6, 6.07) is 10.7. The van der Waals surface area contributed by atoms with Crippen LogP contribution in [0.3, 0.4) is 0 Å². The second kappa shape index (κ2) is 8.44. The van der Waals surface area contributed by atoms with Gasteiger partial charge in [0.2, 0.25) is 5.91 Å². The Bertz CT molecular complexity index is 936. The summed E-state index contributed by atoms with van der Waals surface area (Å²) in [6.45, 7) is 2.28. The standard InChI is InChI=1S/C18H16ClN3O2S2/c1-11-22-15(10-25-11)16-7-6-12(26-16)8-20-17(23)9-21-18(24)13-4-2-3-5-14(13)19/h2-7,10H,8-9H2,1H3,(H,20,23)(H,21,24). The Balaban J connectivity index is 1.48. The van der Waals surface area contributed by atoms with Crippen molar-refractivity contribution in [1.82, 2.24) is 15.6 Å². The maximum atomic E-state index is 12.0. The number of hydrogen-bond acceptors (Lipinski definition) is 5. The fourth-order valence-electron chi connectivity index (χ4n) is 2.24. The van der Waals surface area contributed by atoms with Crippen LogP contribution in [0.5, 0.6) is 0 Å². The third-order valence-corrected chi connectivity index (χ3v) is 5.73. The summed E-state index contributed by atoms with van der Waals surface area (Å²) < 4.78 is 0. The summed E-state index contributed by atoms with van der Waals surface area (Å²) >= 11 is 9.17. The van der Waals surface area contributed by atoms with Crippen molar-refractivity contribution in [2.45, 2.75) is 13.5 Å². The van der Waals surface area contributed by atoms with Gasteiger partial charge in [-0.25, -0.2) is 4.98 Å². The molecule has 0 unspecified atom stereocenters. The number of thiazole rings is 1. The molecule has 8 heteroatoms. The minimum Gasteiger partial charge on any atom is -0.350 e. The third-order valence-electron chi connectivity index (χ3n) is 3.52. The maximum Gasteiger partial charge on any atom is 0.253 e. The van der Waals surface area contributed by atoms with E-state index >= 15 is 0 Å². The highest BCUT2D eigenvalue weighted by Crippen LogP contribution is 2.28. The highest BCUT2D eigenvalue weighted by molar-refractivity contribution is 7.16. The van der Waals surface area contributed by atoms with Gasteiger partial charge in [-0.1, -0.05) is 23.7 Å². The highest BCUT2D eigenvalue weighted by Gasteiger charge is 2.11. The van der Waals surface area contributed by atoms with Crippen LogP contribution in [-0.4, -0.2) is 23.3 Å². The predicted molar refractivity (Wildman–Crippen MR) is 106 cm³/mol. The number of thiophene rings is 1. The van der Waals surface area contributed by atoms with E-state index in [0.717, 1.165) is 20.5 Å². The van der Waals surface area contributed by atoms with Gasteiger partial charge in [-0.2, -0.15) is 0 Å². The molecule has 0 aliphatic heterocycles. The van der Waals surface area contributed by atoms with Crippen molar-refractivity contribution >= 4 is 46.1 Å². The first-order valence-electron chi connectivity index (χ1n) is 7.83. The largest absolute Gasteiger partial charge is 0.350 e. The second-order valence-corrected chi connectivity index (χ2v) is 8.09. The van der Waals surface area contributed by atoms with Crippen LogP contribution in [0.2, 0.25) is 5.02 Å². The second-order valence-electron chi connectivity index (χ2n) is 5.46. The fraction of sp³-hybridized carbons (Fsp3) is 0.167. The van der Waals surface area contributed by atoms with Crippen molar-refractivity contribution in [2.24, 2.45) is 0 Å². The number of aryl methyl sites for hydroxylation is 1. The summed E-state index contributed by atoms with van der Waals surface area (Å²) in [4.78, 5) is 30.5. The van der Waals surface area contributed by atoms with E-state index in [2.05, 4.69) is 15.6 Å². The minimum absolute atomic E-state index is 0.104. The van der Waals surface area contributed by atoms with E-state index < -0.39 is 0 Å². The van der Waals surface area contributed by atoms with Crippen LogP contribution in [0.25, 0.3) is 10.6 Å². The van der Waals surface area contributed by atoms with E-state index in [1.54, 1.807) is 46.9 Å². The number of rotatable bonds is 6. The fourth-order valence-corrected chi connectivity index (χ4v) is 4.05. The number of carbonyl (C=O) groups excluding carboxylic acids is 2. The number of benzene rings is 1. The topological polar surface area (TPSA) is 71.1 Å². The molecule has 0 aliphatic carbocycles. The molecule has 0 bridgehead atoms. The monoisotopic (exact) mass is 405 g/mol. The summed E-state index contributed by atoms with van der Waals surface area (Å²) in [5.41, 5.74) is 1.31. The molecule has 26 heavy (non-hydrogen) atoms. The smallest absolute Gasteiger partial charge is 0.253 e. The van der Waals surface area contributed by atoms with Crippen LogP contribution in [0, 0.1) is 6.92 Å². The SMILES string of the molecule is Cc1nc(-c2ccc(CNC(=O)CNC(=O)c3ccccc3Cl)s2)cs1. The van der Waals surface area contributed by atoms with Crippen molar-refractivity contribution in [1.29, 1.82) is 0 Å². The number of nitrogens with one attached hydrogen (secondary N) is 2. The van der Waals surface area contributed by atoms with Crippen molar-refractivity contribution in [2.75, 3.05) is 6.54 Å². The van der Waals surface area contributed by atoms with Gasteiger partial charge in [0.05, 0.1) is 39.3 Å². The highest BCUT2D eigenvalue weighted by atomic mass is 35.5. The van der Waals surface area contributed by atoms with Crippen LogP contribution in [0.1, 0.15) is 20.2 Å². The molecule has 0 aliphatic rings. The zero-order valence-electron chi connectivity index (χ0n) is 13.9. The molecular weight excluding hydrogens is 390 g/mol. The molecule has 2 amide bonds. The lowest BCUT2D eigenvalue weighted by Crippen LogP contribution is -2.36. The predicted octanol–water partition coefficient (Wildman–Crippen LogP) is 3.88.